The number of aliphatic carboxylic acids is 2. The van der Waals surface area contributed by atoms with Crippen molar-refractivity contribution in [3.8, 4) is 0 Å². The summed E-state index contributed by atoms with van der Waals surface area (Å²) in [7, 11) is 0. The maximum absolute atomic E-state index is 12.3. The van der Waals surface area contributed by atoms with E-state index in [-0.39, 0.29) is 6.54 Å². The summed E-state index contributed by atoms with van der Waals surface area (Å²) in [6.07, 6.45) is 3.41. The zero-order valence-corrected chi connectivity index (χ0v) is 17.7. The average Bonchev–Trinajstić information content (AvgIpc) is 3.05. The van der Waals surface area contributed by atoms with E-state index in [4.69, 9.17) is 0 Å². The molecule has 1 fully saturated rings. The molecular formula is C21H21BrN4O4. The summed E-state index contributed by atoms with van der Waals surface area (Å²) in [6.45, 7) is 2.23. The van der Waals surface area contributed by atoms with E-state index >= 15 is 0 Å². The van der Waals surface area contributed by atoms with Gasteiger partial charge in [0.1, 0.15) is 18.4 Å². The Morgan fingerprint density at radius 1 is 1.10 bits per heavy atom. The Bertz CT molecular complexity index is 1080. The molecule has 0 amide bonds. The monoisotopic (exact) mass is 472 g/mol. The molecule has 1 unspecified atom stereocenters. The Balaban J connectivity index is 1.65. The SMILES string of the molecule is O=C(O)Cn1cc(C(C(=O)O)N2CCN(c3ccccn3)CC2)c2ccc(Br)cc21. The van der Waals surface area contributed by atoms with Crippen LogP contribution in [0, 0.1) is 0 Å². The molecule has 0 saturated carbocycles. The number of carboxylic acids is 2. The number of pyridine rings is 1. The Kier molecular flexibility index (Phi) is 5.74. The highest BCUT2D eigenvalue weighted by atomic mass is 79.9. The van der Waals surface area contributed by atoms with E-state index in [1.807, 2.05) is 41.3 Å². The minimum atomic E-state index is -0.978. The largest absolute Gasteiger partial charge is 0.480 e. The summed E-state index contributed by atoms with van der Waals surface area (Å²) in [5.74, 6) is -1.04. The lowest BCUT2D eigenvalue weighted by Crippen LogP contribution is -2.49. The number of benzene rings is 1. The van der Waals surface area contributed by atoms with Crippen LogP contribution in [0.5, 0.6) is 0 Å². The highest BCUT2D eigenvalue weighted by molar-refractivity contribution is 9.10. The second-order valence-electron chi connectivity index (χ2n) is 7.22. The summed E-state index contributed by atoms with van der Waals surface area (Å²) in [5.41, 5.74) is 1.30. The smallest absolute Gasteiger partial charge is 0.325 e. The van der Waals surface area contributed by atoms with Gasteiger partial charge < -0.3 is 19.7 Å². The van der Waals surface area contributed by atoms with E-state index in [1.165, 1.54) is 0 Å². The fourth-order valence-corrected chi connectivity index (χ4v) is 4.37. The summed E-state index contributed by atoms with van der Waals surface area (Å²) < 4.78 is 2.40. The van der Waals surface area contributed by atoms with Crippen molar-refractivity contribution in [1.29, 1.82) is 0 Å². The number of carbonyl (C=O) groups is 2. The van der Waals surface area contributed by atoms with Crippen LogP contribution in [-0.4, -0.2) is 62.8 Å². The molecular weight excluding hydrogens is 452 g/mol. The zero-order chi connectivity index (χ0) is 21.3. The molecule has 1 aliphatic heterocycles. The van der Waals surface area contributed by atoms with Crippen LogP contribution in [0.25, 0.3) is 10.9 Å². The normalized spacial score (nSPS) is 16.0. The topological polar surface area (TPSA) is 98.9 Å². The Hall–Kier alpha value is -2.91. The third-order valence-corrected chi connectivity index (χ3v) is 5.86. The zero-order valence-electron chi connectivity index (χ0n) is 16.1. The van der Waals surface area contributed by atoms with Crippen LogP contribution in [0.3, 0.4) is 0 Å². The maximum atomic E-state index is 12.3. The molecule has 1 saturated heterocycles. The van der Waals surface area contributed by atoms with E-state index < -0.39 is 18.0 Å². The van der Waals surface area contributed by atoms with Gasteiger partial charge in [0, 0.05) is 54.0 Å². The molecule has 1 atom stereocenters. The molecule has 30 heavy (non-hydrogen) atoms. The molecule has 3 aromatic rings. The highest BCUT2D eigenvalue weighted by Crippen LogP contribution is 2.33. The predicted molar refractivity (Wildman–Crippen MR) is 116 cm³/mol. The number of aromatic nitrogens is 2. The Morgan fingerprint density at radius 3 is 2.50 bits per heavy atom. The lowest BCUT2D eigenvalue weighted by atomic mass is 10.0. The molecule has 9 heteroatoms. The van der Waals surface area contributed by atoms with E-state index in [9.17, 15) is 19.8 Å². The summed E-state index contributed by atoms with van der Waals surface area (Å²) >= 11 is 3.41. The molecule has 2 aromatic heterocycles. The van der Waals surface area contributed by atoms with Gasteiger partial charge in [-0.15, -0.1) is 0 Å². The minimum absolute atomic E-state index is 0.229. The van der Waals surface area contributed by atoms with Crippen molar-refractivity contribution in [2.45, 2.75) is 12.6 Å². The number of halogens is 1. The Morgan fingerprint density at radius 2 is 1.87 bits per heavy atom. The minimum Gasteiger partial charge on any atom is -0.480 e. The second kappa shape index (κ2) is 8.45. The van der Waals surface area contributed by atoms with Crippen molar-refractivity contribution in [3.05, 3.63) is 58.8 Å². The lowest BCUT2D eigenvalue weighted by molar-refractivity contribution is -0.143. The number of carboxylic acid groups (broad SMARTS) is 2. The first-order chi connectivity index (χ1) is 14.4. The number of nitrogens with zero attached hydrogens (tertiary/aromatic N) is 4. The maximum Gasteiger partial charge on any atom is 0.325 e. The number of fused-ring (bicyclic) bond motifs is 1. The molecule has 4 rings (SSSR count). The van der Waals surface area contributed by atoms with Crippen LogP contribution < -0.4 is 4.90 Å². The van der Waals surface area contributed by atoms with Crippen molar-refractivity contribution in [2.75, 3.05) is 31.1 Å². The molecule has 0 bridgehead atoms. The van der Waals surface area contributed by atoms with Gasteiger partial charge in [-0.25, -0.2) is 4.98 Å². The summed E-state index contributed by atoms with van der Waals surface area (Å²) in [6, 6.07) is 10.4. The molecule has 0 aliphatic carbocycles. The third kappa shape index (κ3) is 4.03. The highest BCUT2D eigenvalue weighted by Gasteiger charge is 2.33. The number of hydrogen-bond acceptors (Lipinski definition) is 5. The van der Waals surface area contributed by atoms with Crippen LogP contribution in [0.2, 0.25) is 0 Å². The van der Waals surface area contributed by atoms with Gasteiger partial charge in [0.15, 0.2) is 0 Å². The van der Waals surface area contributed by atoms with E-state index in [0.717, 1.165) is 15.7 Å². The van der Waals surface area contributed by atoms with Gasteiger partial charge in [0.05, 0.1) is 5.52 Å². The standard InChI is InChI=1S/C21H21BrN4O4/c22-14-4-5-15-16(12-26(13-19(27)28)17(15)11-14)20(21(29)30)25-9-7-24(8-10-25)18-3-1-2-6-23-18/h1-6,11-12,20H,7-10,13H2,(H,27,28)(H,29,30). The molecule has 3 heterocycles. The first-order valence-corrected chi connectivity index (χ1v) is 10.4. The summed E-state index contributed by atoms with van der Waals surface area (Å²) in [5, 5.41) is 20.1. The van der Waals surface area contributed by atoms with Gasteiger partial charge in [0.25, 0.3) is 0 Å². The molecule has 1 aromatic carbocycles. The van der Waals surface area contributed by atoms with Gasteiger partial charge >= 0.3 is 11.9 Å². The number of piperazine rings is 1. The molecule has 2 N–H and O–H groups in total. The van der Waals surface area contributed by atoms with Crippen molar-refractivity contribution in [1.82, 2.24) is 14.5 Å². The molecule has 0 spiro atoms. The lowest BCUT2D eigenvalue weighted by Gasteiger charge is -2.38. The van der Waals surface area contributed by atoms with E-state index in [0.29, 0.717) is 37.3 Å². The second-order valence-corrected chi connectivity index (χ2v) is 8.13. The average molecular weight is 473 g/mol. The summed E-state index contributed by atoms with van der Waals surface area (Å²) in [4.78, 5) is 32.0. The van der Waals surface area contributed by atoms with Crippen LogP contribution in [0.15, 0.2) is 53.3 Å². The van der Waals surface area contributed by atoms with E-state index in [1.54, 1.807) is 17.0 Å². The predicted octanol–water partition coefficient (Wildman–Crippen LogP) is 2.83. The quantitative estimate of drug-likeness (QED) is 0.568. The number of hydrogen-bond donors (Lipinski definition) is 2. The van der Waals surface area contributed by atoms with Gasteiger partial charge in [-0.3, -0.25) is 14.5 Å². The first kappa shape index (κ1) is 20.4. The van der Waals surface area contributed by atoms with Crippen LogP contribution in [0.1, 0.15) is 11.6 Å². The number of rotatable bonds is 6. The van der Waals surface area contributed by atoms with E-state index in [2.05, 4.69) is 25.8 Å². The van der Waals surface area contributed by atoms with Crippen LogP contribution in [0.4, 0.5) is 5.82 Å². The number of anilines is 1. The van der Waals surface area contributed by atoms with Gasteiger partial charge in [-0.05, 0) is 24.3 Å². The van der Waals surface area contributed by atoms with Crippen molar-refractivity contribution in [2.24, 2.45) is 0 Å². The van der Waals surface area contributed by atoms with Gasteiger partial charge in [-0.1, -0.05) is 28.1 Å². The van der Waals surface area contributed by atoms with Crippen molar-refractivity contribution < 1.29 is 19.8 Å². The molecule has 0 radical (unpaired) electrons. The first-order valence-electron chi connectivity index (χ1n) is 9.57. The van der Waals surface area contributed by atoms with Crippen molar-refractivity contribution >= 4 is 44.6 Å². The molecule has 1 aliphatic rings. The Labute approximate surface area is 181 Å². The van der Waals surface area contributed by atoms with Crippen LogP contribution >= 0.6 is 15.9 Å². The fourth-order valence-electron chi connectivity index (χ4n) is 4.02. The van der Waals surface area contributed by atoms with Gasteiger partial charge in [0.2, 0.25) is 0 Å². The fraction of sp³-hybridized carbons (Fsp3) is 0.286. The molecule has 8 nitrogen and oxygen atoms in total. The van der Waals surface area contributed by atoms with Crippen molar-refractivity contribution in [3.63, 3.8) is 0 Å². The molecule has 156 valence electrons. The van der Waals surface area contributed by atoms with Gasteiger partial charge in [-0.2, -0.15) is 0 Å². The third-order valence-electron chi connectivity index (χ3n) is 5.36. The van der Waals surface area contributed by atoms with Crippen LogP contribution in [-0.2, 0) is 16.1 Å².